The Morgan fingerprint density at radius 2 is 2.00 bits per heavy atom. The Bertz CT molecular complexity index is 95.0. The summed E-state index contributed by atoms with van der Waals surface area (Å²) in [6.07, 6.45) is 10.8. The molecule has 0 radical (unpaired) electrons. The fourth-order valence-electron chi connectivity index (χ4n) is 1.000. The molecule has 0 aromatic rings. The second-order valence-corrected chi connectivity index (χ2v) is 3.14. The Morgan fingerprint density at radius 3 is 2.55 bits per heavy atom. The fourth-order valence-corrected chi connectivity index (χ4v) is 1.000. The maximum atomic E-state index is 5.55. The lowest BCUT2D eigenvalue weighted by Gasteiger charge is -1.95. The van der Waals surface area contributed by atoms with E-state index in [2.05, 4.69) is 19.1 Å². The number of rotatable bonds is 6. The number of nitrogens with two attached hydrogens (primary N) is 1. The van der Waals surface area contributed by atoms with Crippen LogP contribution in [0.1, 0.15) is 46.0 Å². The van der Waals surface area contributed by atoms with Gasteiger partial charge in [0, 0.05) is 6.04 Å². The van der Waals surface area contributed by atoms with Crippen molar-refractivity contribution in [3.8, 4) is 0 Å². The smallest absolute Gasteiger partial charge is 0.0194 e. The molecule has 0 bridgehead atoms. The molecule has 0 rings (SSSR count). The van der Waals surface area contributed by atoms with Crippen LogP contribution in [0.5, 0.6) is 0 Å². The molecule has 11 heavy (non-hydrogen) atoms. The lowest BCUT2D eigenvalue weighted by molar-refractivity contribution is 0.673. The Kier molecular flexibility index (Phi) is 7.59. The lowest BCUT2D eigenvalue weighted by Crippen LogP contribution is -2.09. The van der Waals surface area contributed by atoms with Gasteiger partial charge in [0.2, 0.25) is 0 Å². The van der Waals surface area contributed by atoms with Crippen LogP contribution < -0.4 is 5.73 Å². The largest absolute Gasteiger partial charge is 0.325 e. The minimum Gasteiger partial charge on any atom is -0.325 e. The molecule has 0 aromatic heterocycles. The Hall–Kier alpha value is -0.300. The maximum Gasteiger partial charge on any atom is 0.0194 e. The zero-order valence-electron chi connectivity index (χ0n) is 7.84. The minimum atomic E-state index is 0.223. The highest BCUT2D eigenvalue weighted by molar-refractivity contribution is 4.88. The highest BCUT2D eigenvalue weighted by Crippen LogP contribution is 2.02. The van der Waals surface area contributed by atoms with Gasteiger partial charge >= 0.3 is 0 Å². The first kappa shape index (κ1) is 10.7. The van der Waals surface area contributed by atoms with Crippen molar-refractivity contribution in [3.63, 3.8) is 0 Å². The van der Waals surface area contributed by atoms with E-state index in [9.17, 15) is 0 Å². The van der Waals surface area contributed by atoms with E-state index in [1.807, 2.05) is 6.92 Å². The average Bonchev–Trinajstić information content (AvgIpc) is 1.96. The minimum absolute atomic E-state index is 0.223. The quantitative estimate of drug-likeness (QED) is 0.463. The summed E-state index contributed by atoms with van der Waals surface area (Å²) in [6, 6.07) is 0.223. The molecule has 1 nitrogen and oxygen atoms in total. The molecule has 1 atom stereocenters. The summed E-state index contributed by atoms with van der Waals surface area (Å²) < 4.78 is 0. The molecule has 0 aromatic carbocycles. The topological polar surface area (TPSA) is 26.0 Å². The van der Waals surface area contributed by atoms with Gasteiger partial charge in [0.25, 0.3) is 0 Å². The van der Waals surface area contributed by atoms with Gasteiger partial charge in [0.1, 0.15) is 0 Å². The average molecular weight is 155 g/mol. The van der Waals surface area contributed by atoms with Crippen LogP contribution >= 0.6 is 0 Å². The van der Waals surface area contributed by atoms with Crippen LogP contribution in [-0.4, -0.2) is 6.04 Å². The summed E-state index contributed by atoms with van der Waals surface area (Å²) in [5.74, 6) is 0. The molecule has 0 spiro atoms. The van der Waals surface area contributed by atoms with Gasteiger partial charge in [-0.1, -0.05) is 38.3 Å². The van der Waals surface area contributed by atoms with Crippen LogP contribution in [0.3, 0.4) is 0 Å². The summed E-state index contributed by atoms with van der Waals surface area (Å²) >= 11 is 0. The summed E-state index contributed by atoms with van der Waals surface area (Å²) in [7, 11) is 0. The van der Waals surface area contributed by atoms with Crippen molar-refractivity contribution < 1.29 is 0 Å². The summed E-state index contributed by atoms with van der Waals surface area (Å²) in [5.41, 5.74) is 5.55. The van der Waals surface area contributed by atoms with Gasteiger partial charge < -0.3 is 5.73 Å². The molecule has 1 heteroatoms. The van der Waals surface area contributed by atoms with Crippen LogP contribution in [0, 0.1) is 0 Å². The van der Waals surface area contributed by atoms with Crippen LogP contribution in [0.2, 0.25) is 0 Å². The van der Waals surface area contributed by atoms with Crippen molar-refractivity contribution in [1.29, 1.82) is 0 Å². The molecule has 0 saturated heterocycles. The van der Waals surface area contributed by atoms with Gasteiger partial charge in [-0.2, -0.15) is 0 Å². The molecule has 0 aliphatic carbocycles. The zero-order chi connectivity index (χ0) is 8.53. The Balaban J connectivity index is 3.01. The highest BCUT2D eigenvalue weighted by atomic mass is 14.6. The third-order valence-electron chi connectivity index (χ3n) is 1.66. The first-order valence-corrected chi connectivity index (χ1v) is 4.69. The number of unbranched alkanes of at least 4 members (excludes halogenated alkanes) is 4. The Labute approximate surface area is 70.7 Å². The highest BCUT2D eigenvalue weighted by Gasteiger charge is 1.85. The second kappa shape index (κ2) is 7.80. The van der Waals surface area contributed by atoms with Crippen LogP contribution in [0.4, 0.5) is 0 Å². The van der Waals surface area contributed by atoms with E-state index < -0.39 is 0 Å². The van der Waals surface area contributed by atoms with Gasteiger partial charge in [-0.3, -0.25) is 0 Å². The molecular formula is C10H21N. The third-order valence-corrected chi connectivity index (χ3v) is 1.66. The first-order chi connectivity index (χ1) is 5.27. The van der Waals surface area contributed by atoms with Gasteiger partial charge in [0.05, 0.1) is 0 Å². The first-order valence-electron chi connectivity index (χ1n) is 4.69. The second-order valence-electron chi connectivity index (χ2n) is 3.14. The molecule has 0 aliphatic heterocycles. The third kappa shape index (κ3) is 9.70. The SMILES string of the molecule is CCCCCC/C=C/C(C)N. The lowest BCUT2D eigenvalue weighted by atomic mass is 10.1. The van der Waals surface area contributed by atoms with E-state index in [1.165, 1.54) is 32.1 Å². The Morgan fingerprint density at radius 1 is 1.27 bits per heavy atom. The summed E-state index contributed by atoms with van der Waals surface area (Å²) in [6.45, 7) is 4.24. The van der Waals surface area contributed by atoms with E-state index in [0.29, 0.717) is 0 Å². The van der Waals surface area contributed by atoms with Crippen LogP contribution in [0.25, 0.3) is 0 Å². The summed E-state index contributed by atoms with van der Waals surface area (Å²) in [5, 5.41) is 0. The number of hydrogen-bond donors (Lipinski definition) is 1. The normalized spacial score (nSPS) is 14.1. The molecule has 66 valence electrons. The van der Waals surface area contributed by atoms with E-state index in [1.54, 1.807) is 0 Å². The molecule has 0 amide bonds. The number of allylic oxidation sites excluding steroid dienone is 1. The van der Waals surface area contributed by atoms with Crippen LogP contribution in [-0.2, 0) is 0 Å². The van der Waals surface area contributed by atoms with Gasteiger partial charge in [0.15, 0.2) is 0 Å². The van der Waals surface area contributed by atoms with E-state index >= 15 is 0 Å². The molecule has 0 heterocycles. The van der Waals surface area contributed by atoms with Gasteiger partial charge in [-0.05, 0) is 19.8 Å². The molecular weight excluding hydrogens is 134 g/mol. The van der Waals surface area contributed by atoms with Gasteiger partial charge in [-0.15, -0.1) is 0 Å². The van der Waals surface area contributed by atoms with Crippen molar-refractivity contribution in [2.45, 2.75) is 52.0 Å². The van der Waals surface area contributed by atoms with E-state index in [4.69, 9.17) is 5.73 Å². The molecule has 0 fully saturated rings. The zero-order valence-corrected chi connectivity index (χ0v) is 7.84. The summed E-state index contributed by atoms with van der Waals surface area (Å²) in [4.78, 5) is 0. The van der Waals surface area contributed by atoms with E-state index in [0.717, 1.165) is 0 Å². The van der Waals surface area contributed by atoms with E-state index in [-0.39, 0.29) is 6.04 Å². The van der Waals surface area contributed by atoms with Crippen molar-refractivity contribution in [3.05, 3.63) is 12.2 Å². The fraction of sp³-hybridized carbons (Fsp3) is 0.800. The predicted octanol–water partition coefficient (Wildman–Crippen LogP) is 2.86. The van der Waals surface area contributed by atoms with Crippen LogP contribution in [0.15, 0.2) is 12.2 Å². The maximum absolute atomic E-state index is 5.55. The van der Waals surface area contributed by atoms with Crippen molar-refractivity contribution in [1.82, 2.24) is 0 Å². The molecule has 2 N–H and O–H groups in total. The molecule has 1 unspecified atom stereocenters. The standard InChI is InChI=1S/C10H21N/c1-3-4-5-6-7-8-9-10(2)11/h8-10H,3-7,11H2,1-2H3/b9-8+. The predicted molar refractivity (Wildman–Crippen MR) is 51.5 cm³/mol. The van der Waals surface area contributed by atoms with Crippen molar-refractivity contribution in [2.24, 2.45) is 5.73 Å². The van der Waals surface area contributed by atoms with Crippen molar-refractivity contribution >= 4 is 0 Å². The number of hydrogen-bond acceptors (Lipinski definition) is 1. The monoisotopic (exact) mass is 155 g/mol. The molecule has 0 saturated carbocycles. The van der Waals surface area contributed by atoms with Crippen molar-refractivity contribution in [2.75, 3.05) is 0 Å². The molecule has 0 aliphatic rings. The van der Waals surface area contributed by atoms with Gasteiger partial charge in [-0.25, -0.2) is 0 Å².